The number of carboxylic acids is 1. The topological polar surface area (TPSA) is 75.6 Å². The Hall–Kier alpha value is -1.53. The summed E-state index contributed by atoms with van der Waals surface area (Å²) in [6.07, 6.45) is 2.18. The van der Waals surface area contributed by atoms with E-state index in [-0.39, 0.29) is 23.3 Å². The third kappa shape index (κ3) is 4.75. The number of benzene rings is 1. The Morgan fingerprint density at radius 2 is 2.29 bits per heavy atom. The lowest BCUT2D eigenvalue weighted by Crippen LogP contribution is -2.32. The molecule has 1 aromatic carbocycles. The van der Waals surface area contributed by atoms with E-state index in [1.54, 1.807) is 19.1 Å². The van der Waals surface area contributed by atoms with Crippen molar-refractivity contribution in [3.63, 3.8) is 0 Å². The van der Waals surface area contributed by atoms with E-state index in [4.69, 9.17) is 9.84 Å². The number of carboxylic acid groups (broad SMARTS) is 1. The fourth-order valence-electron chi connectivity index (χ4n) is 2.15. The van der Waals surface area contributed by atoms with E-state index in [2.05, 4.69) is 5.32 Å². The molecule has 2 rings (SSSR count). The van der Waals surface area contributed by atoms with Crippen molar-refractivity contribution in [2.24, 2.45) is 0 Å². The molecule has 0 spiro atoms. The summed E-state index contributed by atoms with van der Waals surface area (Å²) < 4.78 is 5.43. The second kappa shape index (κ2) is 7.47. The third-order valence-electron chi connectivity index (χ3n) is 3.36. The Bertz CT molecular complexity index is 526. The van der Waals surface area contributed by atoms with Crippen LogP contribution in [-0.4, -0.2) is 42.0 Å². The lowest BCUT2D eigenvalue weighted by Gasteiger charge is -2.10. The first-order valence-corrected chi connectivity index (χ1v) is 7.90. The molecule has 1 aromatic rings. The number of aryl methyl sites for hydroxylation is 1. The highest BCUT2D eigenvalue weighted by Gasteiger charge is 2.16. The van der Waals surface area contributed by atoms with Crippen LogP contribution in [0, 0.1) is 6.92 Å². The second-order valence-electron chi connectivity index (χ2n) is 5.01. The number of carbonyl (C=O) groups excluding carboxylic acids is 1. The fraction of sp³-hybridized carbons (Fsp3) is 0.467. The standard InChI is InChI=1S/C15H19NO4S/c1-10-4-5-12(7-13(10)15(18)19)21-9-14(17)16-8-11-3-2-6-20-11/h4-5,7,11H,2-3,6,8-9H2,1H3,(H,16,17)(H,18,19). The van der Waals surface area contributed by atoms with Crippen molar-refractivity contribution in [3.05, 3.63) is 29.3 Å². The van der Waals surface area contributed by atoms with Gasteiger partial charge in [0, 0.05) is 18.0 Å². The van der Waals surface area contributed by atoms with Gasteiger partial charge in [0.15, 0.2) is 0 Å². The molecule has 0 bridgehead atoms. The first-order valence-electron chi connectivity index (χ1n) is 6.91. The molecule has 1 aliphatic heterocycles. The number of thioether (sulfide) groups is 1. The molecule has 1 heterocycles. The number of nitrogens with one attached hydrogen (secondary N) is 1. The van der Waals surface area contributed by atoms with Crippen LogP contribution in [0.4, 0.5) is 0 Å². The van der Waals surface area contributed by atoms with Crippen LogP contribution in [0.3, 0.4) is 0 Å². The number of carbonyl (C=O) groups is 2. The highest BCUT2D eigenvalue weighted by Crippen LogP contribution is 2.21. The summed E-state index contributed by atoms with van der Waals surface area (Å²) in [5, 5.41) is 11.9. The molecule has 1 amide bonds. The Labute approximate surface area is 128 Å². The predicted molar refractivity (Wildman–Crippen MR) is 80.8 cm³/mol. The molecule has 6 heteroatoms. The Morgan fingerprint density at radius 1 is 1.48 bits per heavy atom. The summed E-state index contributed by atoms with van der Waals surface area (Å²) in [6, 6.07) is 5.20. The van der Waals surface area contributed by atoms with Crippen LogP contribution in [0.5, 0.6) is 0 Å². The number of rotatable bonds is 6. The molecule has 2 N–H and O–H groups in total. The van der Waals surface area contributed by atoms with E-state index in [0.717, 1.165) is 29.9 Å². The molecule has 5 nitrogen and oxygen atoms in total. The zero-order valence-corrected chi connectivity index (χ0v) is 12.7. The van der Waals surface area contributed by atoms with Crippen LogP contribution in [0.25, 0.3) is 0 Å². The van der Waals surface area contributed by atoms with E-state index in [1.165, 1.54) is 11.8 Å². The lowest BCUT2D eigenvalue weighted by atomic mass is 10.1. The summed E-state index contributed by atoms with van der Waals surface area (Å²) in [4.78, 5) is 23.6. The first kappa shape index (κ1) is 15.9. The highest BCUT2D eigenvalue weighted by molar-refractivity contribution is 8.00. The van der Waals surface area contributed by atoms with Gasteiger partial charge in [-0.3, -0.25) is 4.79 Å². The van der Waals surface area contributed by atoms with Crippen molar-refractivity contribution in [1.82, 2.24) is 5.32 Å². The van der Waals surface area contributed by atoms with Gasteiger partial charge in [-0.15, -0.1) is 11.8 Å². The monoisotopic (exact) mass is 309 g/mol. The molecule has 1 saturated heterocycles. The molecule has 1 atom stereocenters. The van der Waals surface area contributed by atoms with Crippen LogP contribution in [0.2, 0.25) is 0 Å². The second-order valence-corrected chi connectivity index (χ2v) is 6.06. The van der Waals surface area contributed by atoms with Crippen molar-refractivity contribution in [2.45, 2.75) is 30.8 Å². The lowest BCUT2D eigenvalue weighted by molar-refractivity contribution is -0.119. The van der Waals surface area contributed by atoms with E-state index in [1.807, 2.05) is 6.07 Å². The number of hydrogen-bond acceptors (Lipinski definition) is 4. The predicted octanol–water partition coefficient (Wildman–Crippen LogP) is 2.08. The van der Waals surface area contributed by atoms with E-state index < -0.39 is 5.97 Å². The SMILES string of the molecule is Cc1ccc(SCC(=O)NCC2CCCO2)cc1C(=O)O. The first-order chi connectivity index (χ1) is 10.1. The molecule has 1 unspecified atom stereocenters. The summed E-state index contributed by atoms with van der Waals surface area (Å²) in [6.45, 7) is 3.08. The van der Waals surface area contributed by atoms with Crippen molar-refractivity contribution >= 4 is 23.6 Å². The number of amides is 1. The fourth-order valence-corrected chi connectivity index (χ4v) is 2.92. The molecule has 1 fully saturated rings. The van der Waals surface area contributed by atoms with Crippen molar-refractivity contribution in [3.8, 4) is 0 Å². The van der Waals surface area contributed by atoms with E-state index >= 15 is 0 Å². The zero-order valence-electron chi connectivity index (χ0n) is 11.9. The summed E-state index contributed by atoms with van der Waals surface area (Å²) in [5.41, 5.74) is 0.995. The maximum Gasteiger partial charge on any atom is 0.335 e. The van der Waals surface area contributed by atoms with E-state index in [9.17, 15) is 9.59 Å². The summed E-state index contributed by atoms with van der Waals surface area (Å²) >= 11 is 1.34. The van der Waals surface area contributed by atoms with Crippen LogP contribution in [0.1, 0.15) is 28.8 Å². The van der Waals surface area contributed by atoms with Crippen molar-refractivity contribution < 1.29 is 19.4 Å². The van der Waals surface area contributed by atoms with Gasteiger partial charge in [-0.05, 0) is 37.5 Å². The summed E-state index contributed by atoms with van der Waals surface area (Å²) in [7, 11) is 0. The minimum atomic E-state index is -0.946. The van der Waals surface area contributed by atoms with Gasteiger partial charge in [-0.1, -0.05) is 6.07 Å². The third-order valence-corrected chi connectivity index (χ3v) is 4.35. The van der Waals surface area contributed by atoms with Gasteiger partial charge in [0.25, 0.3) is 0 Å². The average molecular weight is 309 g/mol. The molecule has 0 radical (unpaired) electrons. The minimum Gasteiger partial charge on any atom is -0.478 e. The van der Waals surface area contributed by atoms with Gasteiger partial charge < -0.3 is 15.2 Å². The molecular formula is C15H19NO4S. The van der Waals surface area contributed by atoms with Gasteiger partial charge in [-0.25, -0.2) is 4.79 Å². The molecule has 0 aromatic heterocycles. The Balaban J connectivity index is 1.80. The molecule has 21 heavy (non-hydrogen) atoms. The smallest absolute Gasteiger partial charge is 0.335 e. The maximum atomic E-state index is 11.8. The van der Waals surface area contributed by atoms with Crippen molar-refractivity contribution in [1.29, 1.82) is 0 Å². The maximum absolute atomic E-state index is 11.8. The van der Waals surface area contributed by atoms with Gasteiger partial charge >= 0.3 is 5.97 Å². The number of hydrogen-bond donors (Lipinski definition) is 2. The van der Waals surface area contributed by atoms with Crippen LogP contribution >= 0.6 is 11.8 Å². The largest absolute Gasteiger partial charge is 0.478 e. The number of ether oxygens (including phenoxy) is 1. The van der Waals surface area contributed by atoms with Crippen LogP contribution in [-0.2, 0) is 9.53 Å². The molecule has 1 aliphatic rings. The molecular weight excluding hydrogens is 290 g/mol. The van der Waals surface area contributed by atoms with Gasteiger partial charge in [-0.2, -0.15) is 0 Å². The molecule has 0 aliphatic carbocycles. The zero-order chi connectivity index (χ0) is 15.2. The van der Waals surface area contributed by atoms with Crippen LogP contribution in [0.15, 0.2) is 23.1 Å². The average Bonchev–Trinajstić information content (AvgIpc) is 2.97. The normalized spacial score (nSPS) is 17.7. The minimum absolute atomic E-state index is 0.0621. The summed E-state index contributed by atoms with van der Waals surface area (Å²) in [5.74, 6) is -0.736. The Morgan fingerprint density at radius 3 is 2.95 bits per heavy atom. The van der Waals surface area contributed by atoms with Crippen LogP contribution < -0.4 is 5.32 Å². The quantitative estimate of drug-likeness (QED) is 0.787. The Kier molecular flexibility index (Phi) is 5.64. The highest BCUT2D eigenvalue weighted by atomic mass is 32.2. The van der Waals surface area contributed by atoms with Gasteiger partial charge in [0.1, 0.15) is 0 Å². The number of aromatic carboxylic acids is 1. The van der Waals surface area contributed by atoms with Gasteiger partial charge in [0.2, 0.25) is 5.91 Å². The van der Waals surface area contributed by atoms with Gasteiger partial charge in [0.05, 0.1) is 17.4 Å². The van der Waals surface area contributed by atoms with Crippen molar-refractivity contribution in [2.75, 3.05) is 18.9 Å². The van der Waals surface area contributed by atoms with E-state index in [0.29, 0.717) is 6.54 Å². The molecule has 0 saturated carbocycles. The molecule has 114 valence electrons.